The summed E-state index contributed by atoms with van der Waals surface area (Å²) in [7, 11) is 0. The molecule has 1 N–H and O–H groups in total. The van der Waals surface area contributed by atoms with Gasteiger partial charge in [0, 0.05) is 6.54 Å². The second-order valence-corrected chi connectivity index (χ2v) is 1.16. The third kappa shape index (κ3) is 0.597. The molecule has 2 heteroatoms. The zero-order chi connectivity index (χ0) is 3.70. The van der Waals surface area contributed by atoms with Crippen LogP contribution in [0.3, 0.4) is 0 Å². The van der Waals surface area contributed by atoms with Crippen LogP contribution >= 0.6 is 0 Å². The van der Waals surface area contributed by atoms with E-state index in [9.17, 15) is 0 Å². The van der Waals surface area contributed by atoms with Crippen molar-refractivity contribution in [1.82, 2.24) is 5.73 Å². The largest absolute Gasteiger partial charge is 0.372 e. The molecule has 1 radical (unpaired) electrons. The minimum absolute atomic E-state index is 0.301. The molecule has 0 bridgehead atoms. The fourth-order valence-electron chi connectivity index (χ4n) is 0.186. The highest BCUT2D eigenvalue weighted by molar-refractivity contribution is 4.67. The van der Waals surface area contributed by atoms with E-state index < -0.39 is 0 Å². The minimum atomic E-state index is 0.301. The average molecular weight is 72.1 g/mol. The molecule has 0 aromatic carbocycles. The Bertz CT molecular complexity index is 33.9. The number of nitrogens with one attached hydrogen (secondary N) is 1. The summed E-state index contributed by atoms with van der Waals surface area (Å²) in [4.78, 5) is 0. The Labute approximate surface area is 30.9 Å². The van der Waals surface area contributed by atoms with Gasteiger partial charge in [-0.1, -0.05) is 0 Å². The van der Waals surface area contributed by atoms with Crippen LogP contribution in [0.15, 0.2) is 0 Å². The number of hydrogen-bond acceptors (Lipinski definition) is 1. The summed E-state index contributed by atoms with van der Waals surface area (Å²) in [6.07, 6.45) is 0.301. The summed E-state index contributed by atoms with van der Waals surface area (Å²) in [5.41, 5.74) is 6.59. The van der Waals surface area contributed by atoms with Crippen molar-refractivity contribution in [3.05, 3.63) is 0 Å². The van der Waals surface area contributed by atoms with Crippen molar-refractivity contribution < 1.29 is 4.74 Å². The summed E-state index contributed by atoms with van der Waals surface area (Å²) in [5, 5.41) is 0. The third-order valence-electron chi connectivity index (χ3n) is 0.630. The highest BCUT2D eigenvalue weighted by Gasteiger charge is 2.19. The lowest BCUT2D eigenvalue weighted by Gasteiger charge is -1.69. The number of epoxide rings is 1. The highest BCUT2D eigenvalue weighted by atomic mass is 16.6. The highest BCUT2D eigenvalue weighted by Crippen LogP contribution is 2.04. The standard InChI is InChI=1S/C3H6NO/c4-1-3-2-5-3/h3-4H,1-2H2. The molecule has 1 rings (SSSR count). The first kappa shape index (κ1) is 3.12. The Morgan fingerprint density at radius 1 is 2.00 bits per heavy atom. The second kappa shape index (κ2) is 0.954. The van der Waals surface area contributed by atoms with Crippen LogP contribution in [0.25, 0.3) is 0 Å². The predicted octanol–water partition coefficient (Wildman–Crippen LogP) is -0.332. The first-order valence-electron chi connectivity index (χ1n) is 1.69. The number of rotatable bonds is 1. The van der Waals surface area contributed by atoms with Crippen molar-refractivity contribution in [2.45, 2.75) is 6.10 Å². The van der Waals surface area contributed by atoms with Crippen molar-refractivity contribution in [3.8, 4) is 0 Å². The molecule has 0 saturated carbocycles. The zero-order valence-electron chi connectivity index (χ0n) is 2.90. The fourth-order valence-corrected chi connectivity index (χ4v) is 0.186. The average Bonchev–Trinajstić information content (AvgIpc) is 2.12. The van der Waals surface area contributed by atoms with E-state index in [1.54, 1.807) is 0 Å². The van der Waals surface area contributed by atoms with Crippen LogP contribution < -0.4 is 5.73 Å². The molecule has 0 amide bonds. The van der Waals surface area contributed by atoms with Gasteiger partial charge in [-0.3, -0.25) is 5.73 Å². The lowest BCUT2D eigenvalue weighted by atomic mass is 10.5. The Hall–Kier alpha value is -0.0800. The van der Waals surface area contributed by atoms with Gasteiger partial charge in [0.15, 0.2) is 0 Å². The molecule has 5 heavy (non-hydrogen) atoms. The van der Waals surface area contributed by atoms with Gasteiger partial charge >= 0.3 is 0 Å². The van der Waals surface area contributed by atoms with Crippen LogP contribution in [0.5, 0.6) is 0 Å². The summed E-state index contributed by atoms with van der Waals surface area (Å²) in [5.74, 6) is 0. The van der Waals surface area contributed by atoms with Crippen LogP contribution in [-0.2, 0) is 4.74 Å². The molecule has 0 spiro atoms. The van der Waals surface area contributed by atoms with E-state index in [0.717, 1.165) is 6.61 Å². The molecule has 29 valence electrons. The maximum absolute atomic E-state index is 6.59. The number of ether oxygens (including phenoxy) is 1. The van der Waals surface area contributed by atoms with E-state index in [1.165, 1.54) is 0 Å². The van der Waals surface area contributed by atoms with Crippen LogP contribution in [0, 0.1) is 0 Å². The van der Waals surface area contributed by atoms with Gasteiger partial charge in [0.05, 0.1) is 12.7 Å². The van der Waals surface area contributed by atoms with Crippen molar-refractivity contribution in [2.24, 2.45) is 0 Å². The summed E-state index contributed by atoms with van der Waals surface area (Å²) in [6, 6.07) is 0. The van der Waals surface area contributed by atoms with Gasteiger partial charge in [0.1, 0.15) is 0 Å². The van der Waals surface area contributed by atoms with E-state index in [1.807, 2.05) is 0 Å². The zero-order valence-corrected chi connectivity index (χ0v) is 2.90. The summed E-state index contributed by atoms with van der Waals surface area (Å²) < 4.78 is 4.67. The molecule has 1 atom stereocenters. The molecule has 1 heterocycles. The Morgan fingerprint density at radius 2 is 2.60 bits per heavy atom. The van der Waals surface area contributed by atoms with Gasteiger partial charge in [0.25, 0.3) is 0 Å². The molecule has 1 fully saturated rings. The van der Waals surface area contributed by atoms with Gasteiger partial charge in [-0.25, -0.2) is 0 Å². The van der Waals surface area contributed by atoms with E-state index >= 15 is 0 Å². The van der Waals surface area contributed by atoms with Gasteiger partial charge in [-0.15, -0.1) is 0 Å². The van der Waals surface area contributed by atoms with Crippen LogP contribution in [-0.4, -0.2) is 19.3 Å². The lowest BCUT2D eigenvalue weighted by molar-refractivity contribution is 0.411. The van der Waals surface area contributed by atoms with Crippen molar-refractivity contribution in [1.29, 1.82) is 0 Å². The first-order chi connectivity index (χ1) is 2.43. The van der Waals surface area contributed by atoms with Gasteiger partial charge in [-0.2, -0.15) is 0 Å². The van der Waals surface area contributed by atoms with Gasteiger partial charge in [0.2, 0.25) is 0 Å². The SMILES string of the molecule is [NH]CC1CO1. The Morgan fingerprint density at radius 3 is 2.60 bits per heavy atom. The van der Waals surface area contributed by atoms with E-state index in [2.05, 4.69) is 4.74 Å². The molecule has 0 aliphatic carbocycles. The normalized spacial score (nSPS) is 34.2. The minimum Gasteiger partial charge on any atom is -0.372 e. The van der Waals surface area contributed by atoms with Crippen LogP contribution in [0.1, 0.15) is 0 Å². The monoisotopic (exact) mass is 72.0 g/mol. The predicted molar refractivity (Wildman–Crippen MR) is 17.7 cm³/mol. The second-order valence-electron chi connectivity index (χ2n) is 1.16. The lowest BCUT2D eigenvalue weighted by Crippen LogP contribution is -1.91. The summed E-state index contributed by atoms with van der Waals surface area (Å²) >= 11 is 0. The van der Waals surface area contributed by atoms with E-state index in [4.69, 9.17) is 5.73 Å². The van der Waals surface area contributed by atoms with Gasteiger partial charge < -0.3 is 4.74 Å². The Balaban J connectivity index is 2.00. The van der Waals surface area contributed by atoms with E-state index in [-0.39, 0.29) is 0 Å². The smallest absolute Gasteiger partial charge is 0.0947 e. The topological polar surface area (TPSA) is 36.3 Å². The molecule has 1 saturated heterocycles. The van der Waals surface area contributed by atoms with E-state index in [0.29, 0.717) is 12.6 Å². The molecule has 1 unspecified atom stereocenters. The Kier molecular flexibility index (Phi) is 0.596. The molecular weight excluding hydrogens is 66.0 g/mol. The first-order valence-corrected chi connectivity index (χ1v) is 1.69. The maximum atomic E-state index is 6.59. The van der Waals surface area contributed by atoms with Crippen molar-refractivity contribution in [2.75, 3.05) is 13.2 Å². The molecular formula is C3H6NO. The molecule has 0 aromatic rings. The molecule has 2 nitrogen and oxygen atoms in total. The van der Waals surface area contributed by atoms with Crippen LogP contribution in [0.2, 0.25) is 0 Å². The molecule has 0 aromatic heterocycles. The maximum Gasteiger partial charge on any atom is 0.0947 e. The fraction of sp³-hybridized carbons (Fsp3) is 1.00. The number of hydrogen-bond donors (Lipinski definition) is 0. The van der Waals surface area contributed by atoms with Crippen molar-refractivity contribution >= 4 is 0 Å². The quantitative estimate of drug-likeness (QED) is 0.391. The molecule has 1 aliphatic rings. The van der Waals surface area contributed by atoms with Crippen LogP contribution in [0.4, 0.5) is 0 Å². The molecule has 1 aliphatic heterocycles. The van der Waals surface area contributed by atoms with Crippen molar-refractivity contribution in [3.63, 3.8) is 0 Å². The summed E-state index contributed by atoms with van der Waals surface area (Å²) in [6.45, 7) is 1.27. The van der Waals surface area contributed by atoms with Gasteiger partial charge in [-0.05, 0) is 0 Å². The third-order valence-corrected chi connectivity index (χ3v) is 0.630.